The average molecular weight is 417 g/mol. The highest BCUT2D eigenvalue weighted by Gasteiger charge is 2.29. The maximum absolute atomic E-state index is 12.8. The predicted octanol–water partition coefficient (Wildman–Crippen LogP) is 3.28. The van der Waals surface area contributed by atoms with Crippen LogP contribution in [0.4, 0.5) is 5.82 Å². The lowest BCUT2D eigenvalue weighted by atomic mass is 10.0. The van der Waals surface area contributed by atoms with Gasteiger partial charge in [0.15, 0.2) is 0 Å². The van der Waals surface area contributed by atoms with E-state index in [0.717, 1.165) is 52.0 Å². The van der Waals surface area contributed by atoms with Gasteiger partial charge in [-0.15, -0.1) is 0 Å². The second-order valence-corrected chi connectivity index (χ2v) is 8.96. The molecule has 1 aromatic carbocycles. The average Bonchev–Trinajstić information content (AvgIpc) is 2.98. The van der Waals surface area contributed by atoms with Gasteiger partial charge in [0.1, 0.15) is 5.82 Å². The fourth-order valence-corrected chi connectivity index (χ4v) is 4.40. The van der Waals surface area contributed by atoms with E-state index in [4.69, 9.17) is 4.98 Å². The van der Waals surface area contributed by atoms with Crippen molar-refractivity contribution in [1.82, 2.24) is 24.0 Å². The van der Waals surface area contributed by atoms with Gasteiger partial charge in [-0.05, 0) is 57.8 Å². The molecule has 1 aliphatic rings. The minimum absolute atomic E-state index is 0.0127. The fraction of sp³-hybridized carbons (Fsp3) is 0.375. The minimum atomic E-state index is -0.0127. The Kier molecular flexibility index (Phi) is 4.59. The van der Waals surface area contributed by atoms with E-state index < -0.39 is 0 Å². The van der Waals surface area contributed by atoms with Crippen LogP contribution in [0, 0.1) is 0 Å². The molecule has 0 unspecified atom stereocenters. The molecule has 160 valence electrons. The van der Waals surface area contributed by atoms with Gasteiger partial charge < -0.3 is 9.80 Å². The third-order valence-electron chi connectivity index (χ3n) is 6.43. The van der Waals surface area contributed by atoms with Gasteiger partial charge in [0.05, 0.1) is 22.7 Å². The van der Waals surface area contributed by atoms with Gasteiger partial charge in [-0.2, -0.15) is 0 Å². The number of hydrogen-bond donors (Lipinski definition) is 0. The number of likely N-dealkylation sites (N-methyl/N-ethyl adjacent to an activating group) is 1. The van der Waals surface area contributed by atoms with Crippen molar-refractivity contribution >= 4 is 27.8 Å². The summed E-state index contributed by atoms with van der Waals surface area (Å²) >= 11 is 0. The number of imidazole rings is 1. The number of pyridine rings is 2. The number of fused-ring (bicyclic) bond motifs is 3. The van der Waals surface area contributed by atoms with Crippen LogP contribution >= 0.6 is 0 Å². The van der Waals surface area contributed by atoms with E-state index in [2.05, 4.69) is 53.1 Å². The number of aryl methyl sites for hydroxylation is 1. The van der Waals surface area contributed by atoms with Gasteiger partial charge >= 0.3 is 5.69 Å². The Morgan fingerprint density at radius 1 is 1.03 bits per heavy atom. The lowest BCUT2D eigenvalue weighted by molar-refractivity contribution is 0.246. The predicted molar refractivity (Wildman–Crippen MR) is 126 cm³/mol. The monoisotopic (exact) mass is 416 g/mol. The maximum Gasteiger partial charge on any atom is 0.329 e. The molecule has 31 heavy (non-hydrogen) atoms. The number of aromatic nitrogens is 4. The highest BCUT2D eigenvalue weighted by Crippen LogP contribution is 2.30. The topological polar surface area (TPSA) is 59.2 Å². The molecule has 5 rings (SSSR count). The van der Waals surface area contributed by atoms with Crippen LogP contribution in [-0.2, 0) is 7.05 Å². The van der Waals surface area contributed by atoms with Crippen molar-refractivity contribution in [3.05, 3.63) is 53.2 Å². The molecule has 1 saturated heterocycles. The van der Waals surface area contributed by atoms with Crippen LogP contribution in [0.3, 0.4) is 0 Å². The molecule has 0 atom stereocenters. The Bertz CT molecular complexity index is 1330. The third-order valence-corrected chi connectivity index (χ3v) is 6.43. The Balaban J connectivity index is 1.56. The summed E-state index contributed by atoms with van der Waals surface area (Å²) in [6.45, 7) is 6.10. The lowest BCUT2D eigenvalue weighted by Gasteiger charge is -2.43. The molecule has 4 heterocycles. The summed E-state index contributed by atoms with van der Waals surface area (Å²) in [4.78, 5) is 26.7. The first-order valence-electron chi connectivity index (χ1n) is 10.7. The first-order chi connectivity index (χ1) is 14.8. The number of nitrogens with zero attached hydrogens (tertiary/aromatic N) is 6. The Hall–Kier alpha value is -3.19. The Labute approximate surface area is 181 Å². The summed E-state index contributed by atoms with van der Waals surface area (Å²) in [5.41, 5.74) is 4.79. The third kappa shape index (κ3) is 3.11. The molecule has 1 fully saturated rings. The highest BCUT2D eigenvalue weighted by molar-refractivity contribution is 6.04. The van der Waals surface area contributed by atoms with E-state index in [1.807, 2.05) is 30.7 Å². The SMILES string of the molecule is CC(C)n1c(=O)n(C)c2cnc3ccc(-c4ccc(N5CC(N(C)C)C5)nc4)cc3c21. The minimum Gasteiger partial charge on any atom is -0.353 e. The molecule has 0 saturated carbocycles. The van der Waals surface area contributed by atoms with Gasteiger partial charge in [-0.25, -0.2) is 9.78 Å². The van der Waals surface area contributed by atoms with E-state index in [0.29, 0.717) is 6.04 Å². The zero-order chi connectivity index (χ0) is 21.9. The van der Waals surface area contributed by atoms with E-state index >= 15 is 0 Å². The molecule has 3 aromatic heterocycles. The Morgan fingerprint density at radius 2 is 1.77 bits per heavy atom. The molecular weight excluding hydrogens is 388 g/mol. The molecular formula is C24H28N6O. The summed E-state index contributed by atoms with van der Waals surface area (Å²) in [7, 11) is 6.05. The van der Waals surface area contributed by atoms with Crippen molar-refractivity contribution in [2.75, 3.05) is 32.1 Å². The number of anilines is 1. The second kappa shape index (κ2) is 7.20. The highest BCUT2D eigenvalue weighted by atomic mass is 16.1. The van der Waals surface area contributed by atoms with E-state index in [1.165, 1.54) is 0 Å². The summed E-state index contributed by atoms with van der Waals surface area (Å²) in [5.74, 6) is 1.02. The van der Waals surface area contributed by atoms with Gasteiger partial charge in [0.25, 0.3) is 0 Å². The first kappa shape index (κ1) is 19.8. The molecule has 0 N–H and O–H groups in total. The summed E-state index contributed by atoms with van der Waals surface area (Å²) < 4.78 is 3.54. The number of benzene rings is 1. The van der Waals surface area contributed by atoms with E-state index in [1.54, 1.807) is 17.8 Å². The van der Waals surface area contributed by atoms with Gasteiger partial charge in [0, 0.05) is 49.4 Å². The molecule has 0 spiro atoms. The maximum atomic E-state index is 12.8. The van der Waals surface area contributed by atoms with Crippen LogP contribution in [0.1, 0.15) is 19.9 Å². The van der Waals surface area contributed by atoms with Gasteiger partial charge in [0.2, 0.25) is 0 Å². The number of rotatable bonds is 4. The van der Waals surface area contributed by atoms with Crippen LogP contribution < -0.4 is 10.6 Å². The van der Waals surface area contributed by atoms with Crippen LogP contribution in [0.5, 0.6) is 0 Å². The van der Waals surface area contributed by atoms with Gasteiger partial charge in [-0.1, -0.05) is 6.07 Å². The van der Waals surface area contributed by atoms with Crippen LogP contribution in [0.15, 0.2) is 47.5 Å². The molecule has 0 amide bonds. The van der Waals surface area contributed by atoms with Crippen LogP contribution in [0.25, 0.3) is 33.1 Å². The number of hydrogen-bond acceptors (Lipinski definition) is 5. The second-order valence-electron chi connectivity index (χ2n) is 8.96. The van der Waals surface area contributed by atoms with E-state index in [9.17, 15) is 4.79 Å². The van der Waals surface area contributed by atoms with E-state index in [-0.39, 0.29) is 11.7 Å². The smallest absolute Gasteiger partial charge is 0.329 e. The zero-order valence-electron chi connectivity index (χ0n) is 18.7. The molecule has 7 heteroatoms. The van der Waals surface area contributed by atoms with Crippen LogP contribution in [0.2, 0.25) is 0 Å². The molecule has 0 radical (unpaired) electrons. The molecule has 0 aliphatic carbocycles. The van der Waals surface area contributed by atoms with Gasteiger partial charge in [-0.3, -0.25) is 14.1 Å². The van der Waals surface area contributed by atoms with Crippen molar-refractivity contribution in [2.45, 2.75) is 25.9 Å². The first-order valence-corrected chi connectivity index (χ1v) is 10.7. The normalized spacial score (nSPS) is 14.9. The van der Waals surface area contributed by atoms with Crippen molar-refractivity contribution in [2.24, 2.45) is 7.05 Å². The molecule has 0 bridgehead atoms. The fourth-order valence-electron chi connectivity index (χ4n) is 4.40. The van der Waals surface area contributed by atoms with Crippen molar-refractivity contribution in [3.8, 4) is 11.1 Å². The van der Waals surface area contributed by atoms with Crippen LogP contribution in [-0.4, -0.2) is 57.2 Å². The standard InChI is InChI=1S/C24H28N6O/c1-15(2)30-23-19-10-16(6-8-20(19)25-12-21(23)28(5)24(30)31)17-7-9-22(26-11-17)29-13-18(14-29)27(3)4/h6-12,15,18H,13-14H2,1-5H3. The zero-order valence-corrected chi connectivity index (χ0v) is 18.7. The molecule has 7 nitrogen and oxygen atoms in total. The summed E-state index contributed by atoms with van der Waals surface area (Å²) in [6, 6.07) is 11.1. The lowest BCUT2D eigenvalue weighted by Crippen LogP contribution is -2.57. The molecule has 1 aliphatic heterocycles. The molecule has 4 aromatic rings. The van der Waals surface area contributed by atoms with Crippen molar-refractivity contribution in [3.63, 3.8) is 0 Å². The Morgan fingerprint density at radius 3 is 2.42 bits per heavy atom. The summed E-state index contributed by atoms with van der Waals surface area (Å²) in [5, 5.41) is 0.988. The van der Waals surface area contributed by atoms with Crippen molar-refractivity contribution in [1.29, 1.82) is 0 Å². The largest absolute Gasteiger partial charge is 0.353 e. The summed E-state index contributed by atoms with van der Waals surface area (Å²) in [6.07, 6.45) is 3.73. The quantitative estimate of drug-likeness (QED) is 0.511. The van der Waals surface area contributed by atoms with Crippen molar-refractivity contribution < 1.29 is 0 Å².